The highest BCUT2D eigenvalue weighted by Crippen LogP contribution is 2.37. The Labute approximate surface area is 501 Å². The highest BCUT2D eigenvalue weighted by molar-refractivity contribution is 8.02. The number of Topliss-reactive ketones (excluding diaryl/α,β-unsaturated/α-hetero) is 2. The first-order valence-corrected chi connectivity index (χ1v) is 32.1. The molecule has 6 atom stereocenters. The number of nitrogens with zero attached hydrogens (tertiary/aromatic N) is 2. The number of nitrogens with two attached hydrogens (primary N) is 2. The van der Waals surface area contributed by atoms with Crippen LogP contribution in [0.15, 0.2) is 168 Å². The second-order valence-electron chi connectivity index (χ2n) is 20.7. The maximum absolute atomic E-state index is 13.6. The summed E-state index contributed by atoms with van der Waals surface area (Å²) in [4.78, 5) is 51.9. The fraction of sp³-hybridized carbons (Fsp3) is 0.355. The van der Waals surface area contributed by atoms with Crippen LogP contribution < -0.4 is 11.5 Å². The molecule has 21 heteroatoms. The average molecular weight is 1230 g/mol. The second kappa shape index (κ2) is 30.8. The van der Waals surface area contributed by atoms with E-state index in [4.69, 9.17) is 20.9 Å². The number of sulfonamides is 2. The van der Waals surface area contributed by atoms with E-state index in [9.17, 15) is 44.8 Å². The number of carbonyl (C=O) groups is 4. The minimum Gasteiger partial charge on any atom is -0.465 e. The third-order valence-corrected chi connectivity index (χ3v) is 20.9. The number of thioether (sulfide) groups is 2. The minimum atomic E-state index is -3.92. The number of carbonyl (C=O) groups excluding carboxylic acids is 4. The topological polar surface area (TPSA) is 214 Å². The molecule has 6 aromatic carbocycles. The van der Waals surface area contributed by atoms with Crippen molar-refractivity contribution in [3.05, 3.63) is 180 Å². The zero-order valence-electron chi connectivity index (χ0n) is 46.6. The van der Waals surface area contributed by atoms with Gasteiger partial charge in [-0.3, -0.25) is 19.2 Å². The lowest BCUT2D eigenvalue weighted by molar-refractivity contribution is -0.147. The third-order valence-electron chi connectivity index (χ3n) is 14.4. The van der Waals surface area contributed by atoms with Gasteiger partial charge in [-0.15, -0.1) is 35.9 Å². The largest absolute Gasteiger partial charge is 0.465 e. The molecule has 2 saturated heterocycles. The van der Waals surface area contributed by atoms with Gasteiger partial charge in [-0.05, 0) is 118 Å². The fourth-order valence-corrected chi connectivity index (χ4v) is 15.7. The van der Waals surface area contributed by atoms with Crippen LogP contribution in [0, 0.1) is 23.5 Å². The molecule has 4 N–H and O–H groups in total. The summed E-state index contributed by atoms with van der Waals surface area (Å²) in [5.74, 6) is -2.36. The molecular formula is C62H71ClF2N4O10S4. The molecule has 8 rings (SSSR count). The number of hydrogen-bond donors (Lipinski definition) is 2. The smallest absolute Gasteiger partial charge is 0.323 e. The first kappa shape index (κ1) is 66.3. The summed E-state index contributed by atoms with van der Waals surface area (Å²) in [6.07, 6.45) is 0.629. The van der Waals surface area contributed by atoms with E-state index in [0.717, 1.165) is 22.3 Å². The van der Waals surface area contributed by atoms with Crippen molar-refractivity contribution >= 4 is 79.5 Å². The lowest BCUT2D eigenvalue weighted by Crippen LogP contribution is -2.40. The van der Waals surface area contributed by atoms with Gasteiger partial charge in [-0.25, -0.2) is 25.6 Å². The zero-order valence-corrected chi connectivity index (χ0v) is 50.7. The number of hydrogen-bond acceptors (Lipinski definition) is 14. The Morgan fingerprint density at radius 3 is 1.13 bits per heavy atom. The fourth-order valence-electron chi connectivity index (χ4n) is 9.35. The lowest BCUT2D eigenvalue weighted by atomic mass is 9.91. The number of rotatable bonds is 24. The van der Waals surface area contributed by atoms with E-state index in [-0.39, 0.29) is 84.7 Å². The molecule has 83 heavy (non-hydrogen) atoms. The van der Waals surface area contributed by atoms with Gasteiger partial charge >= 0.3 is 11.9 Å². The first-order valence-electron chi connectivity index (χ1n) is 27.1. The molecule has 2 aliphatic heterocycles. The van der Waals surface area contributed by atoms with Gasteiger partial charge in [-0.1, -0.05) is 137 Å². The number of benzene rings is 6. The van der Waals surface area contributed by atoms with Crippen LogP contribution in [-0.2, 0) is 48.7 Å². The normalized spacial score (nSPS) is 17.1. The minimum absolute atomic E-state index is 0. The quantitative estimate of drug-likeness (QED) is 0.0540. The lowest BCUT2D eigenvalue weighted by Gasteiger charge is -2.25. The zero-order chi connectivity index (χ0) is 59.1. The van der Waals surface area contributed by atoms with Gasteiger partial charge in [0.1, 0.15) is 34.5 Å². The molecule has 0 aliphatic carbocycles. The van der Waals surface area contributed by atoms with Gasteiger partial charge in [0.25, 0.3) is 0 Å². The summed E-state index contributed by atoms with van der Waals surface area (Å²) in [7, 11) is -7.85. The Bertz CT molecular complexity index is 3090. The summed E-state index contributed by atoms with van der Waals surface area (Å²) < 4.78 is 94.9. The number of halogens is 3. The van der Waals surface area contributed by atoms with E-state index < -0.39 is 78.3 Å². The van der Waals surface area contributed by atoms with Crippen LogP contribution >= 0.6 is 35.9 Å². The molecule has 0 aromatic heterocycles. The van der Waals surface area contributed by atoms with Crippen molar-refractivity contribution in [3.8, 4) is 22.3 Å². The van der Waals surface area contributed by atoms with Gasteiger partial charge in [0.2, 0.25) is 20.0 Å². The van der Waals surface area contributed by atoms with E-state index in [1.165, 1.54) is 56.4 Å². The number of ketones is 2. The van der Waals surface area contributed by atoms with E-state index in [2.05, 4.69) is 0 Å². The first-order chi connectivity index (χ1) is 39.1. The van der Waals surface area contributed by atoms with Crippen LogP contribution in [0.5, 0.6) is 0 Å². The molecule has 2 fully saturated rings. The van der Waals surface area contributed by atoms with Crippen LogP contribution in [-0.4, -0.2) is 110 Å². The molecule has 6 aromatic rings. The Kier molecular flexibility index (Phi) is 24.6. The molecule has 2 aliphatic rings. The van der Waals surface area contributed by atoms with Gasteiger partial charge in [0, 0.05) is 37.4 Å². The summed E-state index contributed by atoms with van der Waals surface area (Å²) in [5.41, 5.74) is 16.9. The average Bonchev–Trinajstić information content (AvgIpc) is 4.27. The monoisotopic (exact) mass is 1230 g/mol. The van der Waals surface area contributed by atoms with Crippen molar-refractivity contribution in [2.24, 2.45) is 23.3 Å². The highest BCUT2D eigenvalue weighted by Gasteiger charge is 2.42. The summed E-state index contributed by atoms with van der Waals surface area (Å²) >= 11 is 2.58. The van der Waals surface area contributed by atoms with Crippen LogP contribution in [0.25, 0.3) is 22.3 Å². The van der Waals surface area contributed by atoms with Crippen molar-refractivity contribution in [2.75, 3.05) is 37.8 Å². The Hall–Kier alpha value is -5.81. The molecule has 0 saturated carbocycles. The molecule has 0 amide bonds. The molecule has 14 nitrogen and oxygen atoms in total. The van der Waals surface area contributed by atoms with Crippen molar-refractivity contribution < 1.29 is 54.3 Å². The predicted molar refractivity (Wildman–Crippen MR) is 326 cm³/mol. The summed E-state index contributed by atoms with van der Waals surface area (Å²) in [6, 6.07) is 42.8. The van der Waals surface area contributed by atoms with Crippen molar-refractivity contribution in [1.29, 1.82) is 0 Å². The van der Waals surface area contributed by atoms with Crippen LogP contribution in [0.4, 0.5) is 8.78 Å². The molecule has 0 bridgehead atoms. The highest BCUT2D eigenvalue weighted by atomic mass is 35.5. The molecule has 0 radical (unpaired) electrons. The molecular weight excluding hydrogens is 1160 g/mol. The molecule has 0 unspecified atom stereocenters. The van der Waals surface area contributed by atoms with Gasteiger partial charge in [-0.2, -0.15) is 8.61 Å². The van der Waals surface area contributed by atoms with E-state index in [0.29, 0.717) is 35.5 Å². The van der Waals surface area contributed by atoms with E-state index in [1.807, 2.05) is 88.4 Å². The van der Waals surface area contributed by atoms with E-state index >= 15 is 0 Å². The van der Waals surface area contributed by atoms with Crippen molar-refractivity contribution in [2.45, 2.75) is 97.8 Å². The van der Waals surface area contributed by atoms with Gasteiger partial charge in [0.05, 0.1) is 23.0 Å². The summed E-state index contributed by atoms with van der Waals surface area (Å²) in [6.45, 7) is 7.78. The van der Waals surface area contributed by atoms with Crippen molar-refractivity contribution in [3.63, 3.8) is 0 Å². The van der Waals surface area contributed by atoms with Crippen LogP contribution in [0.3, 0.4) is 0 Å². The number of ether oxygens (including phenoxy) is 2. The maximum Gasteiger partial charge on any atom is 0.323 e. The SMILES string of the molecule is CC(C)[C@H](N)C(=O)OCC[C@H](CC(=O)[C@@H]1SCCN1S(=O)(=O)c1ccc(-c2ccccc2)cc1)c1ccc(F)cc1.CC(C)[C@H](N)C(=O)OCC[C@H](CC(=O)[C@@H]1SCCN1S(=O)(=O)c1ccc(-c2ccccc2)cc1)c1ccc(F)cc1.Cl. The van der Waals surface area contributed by atoms with Crippen LogP contribution in [0.2, 0.25) is 0 Å². The van der Waals surface area contributed by atoms with E-state index in [1.54, 1.807) is 72.8 Å². The summed E-state index contributed by atoms with van der Waals surface area (Å²) in [5, 5.41) is -1.76. The third kappa shape index (κ3) is 17.6. The Morgan fingerprint density at radius 1 is 0.506 bits per heavy atom. The van der Waals surface area contributed by atoms with Crippen molar-refractivity contribution in [1.82, 2.24) is 8.61 Å². The predicted octanol–water partition coefficient (Wildman–Crippen LogP) is 10.9. The second-order valence-corrected chi connectivity index (χ2v) is 26.9. The Morgan fingerprint density at radius 2 is 0.819 bits per heavy atom. The number of esters is 2. The van der Waals surface area contributed by atoms with Gasteiger partial charge < -0.3 is 20.9 Å². The molecule has 2 heterocycles. The molecule has 444 valence electrons. The molecule has 0 spiro atoms. The Balaban J connectivity index is 0.000000263. The standard InChI is InChI=1S/2C31H35FN2O5S2.ClH/c2*1-21(2)29(33)31(36)39-18-16-25(24-8-12-26(32)13-9-24)20-28(35)30-34(17-19-40-30)41(37,38)27-14-10-23(11-15-27)22-6-4-3-5-7-22;/h2*3-15,21,25,29-30H,16-20,33H2,1-2H3;1H/t2*25-,29+,30+;/m11./s1. The van der Waals surface area contributed by atoms with Gasteiger partial charge in [0.15, 0.2) is 11.6 Å². The van der Waals surface area contributed by atoms with Crippen LogP contribution in [0.1, 0.15) is 76.3 Å². The maximum atomic E-state index is 13.6.